The lowest BCUT2D eigenvalue weighted by Crippen LogP contribution is -2.48. The van der Waals surface area contributed by atoms with E-state index < -0.39 is 12.8 Å². The molecule has 1 atom stereocenters. The Bertz CT molecular complexity index is 283. The van der Waals surface area contributed by atoms with E-state index in [1.54, 1.807) is 4.90 Å². The summed E-state index contributed by atoms with van der Waals surface area (Å²) in [5.74, 6) is -0.123. The van der Waals surface area contributed by atoms with E-state index in [1.165, 1.54) is 0 Å². The molecule has 1 aliphatic heterocycles. The van der Waals surface area contributed by atoms with Crippen molar-refractivity contribution >= 4 is 5.91 Å². The summed E-state index contributed by atoms with van der Waals surface area (Å²) in [5, 5.41) is 3.04. The molecule has 0 saturated carbocycles. The quantitative estimate of drug-likeness (QED) is 0.752. The summed E-state index contributed by atoms with van der Waals surface area (Å²) in [6.45, 7) is -0.0685. The predicted octanol–water partition coefficient (Wildman–Crippen LogP) is 1.56. The van der Waals surface area contributed by atoms with Gasteiger partial charge in [0.15, 0.2) is 0 Å². The second-order valence-corrected chi connectivity index (χ2v) is 4.71. The molecule has 0 aromatic rings. The molecule has 1 rings (SSSR count). The molecule has 0 aromatic carbocycles. The molecule has 0 radical (unpaired) electrons. The number of halogens is 3. The second-order valence-electron chi connectivity index (χ2n) is 4.71. The van der Waals surface area contributed by atoms with Gasteiger partial charge in [0.25, 0.3) is 0 Å². The van der Waals surface area contributed by atoms with E-state index in [0.29, 0.717) is 6.54 Å². The third-order valence-electron chi connectivity index (χ3n) is 3.11. The Kier molecular flexibility index (Phi) is 6.57. The van der Waals surface area contributed by atoms with Crippen LogP contribution >= 0.6 is 0 Å². The molecule has 0 spiro atoms. The van der Waals surface area contributed by atoms with Crippen LogP contribution in [0.25, 0.3) is 0 Å². The first-order chi connectivity index (χ1) is 8.94. The summed E-state index contributed by atoms with van der Waals surface area (Å²) in [5.41, 5.74) is 0. The van der Waals surface area contributed by atoms with Crippen LogP contribution < -0.4 is 5.32 Å². The number of nitrogens with one attached hydrogen (secondary N) is 1. The minimum Gasteiger partial charge on any atom is -0.372 e. The molecule has 1 fully saturated rings. The Hall–Kier alpha value is -0.820. The highest BCUT2D eigenvalue weighted by Crippen LogP contribution is 2.18. The van der Waals surface area contributed by atoms with Crippen molar-refractivity contribution in [2.45, 2.75) is 37.9 Å². The first-order valence-corrected chi connectivity index (χ1v) is 6.52. The van der Waals surface area contributed by atoms with Gasteiger partial charge >= 0.3 is 6.18 Å². The fourth-order valence-electron chi connectivity index (χ4n) is 2.27. The van der Waals surface area contributed by atoms with Crippen molar-refractivity contribution in [3.63, 3.8) is 0 Å². The number of carbonyl (C=O) groups excluding carboxylic acids is 1. The molecule has 1 saturated heterocycles. The molecule has 0 aromatic heterocycles. The van der Waals surface area contributed by atoms with E-state index >= 15 is 0 Å². The van der Waals surface area contributed by atoms with Crippen LogP contribution in [0.5, 0.6) is 0 Å². The standard InChI is InChI=1S/C12H21F3N2O2/c1-16-8-10-4-2-3-6-17(10)11(18)5-7-19-9-12(13,14)15/h10,16H,2-9H2,1H3. The maximum atomic E-state index is 11.9. The monoisotopic (exact) mass is 282 g/mol. The molecule has 1 amide bonds. The summed E-state index contributed by atoms with van der Waals surface area (Å²) in [4.78, 5) is 13.7. The molecule has 7 heteroatoms. The van der Waals surface area contributed by atoms with E-state index in [9.17, 15) is 18.0 Å². The number of amides is 1. The van der Waals surface area contributed by atoms with Crippen molar-refractivity contribution in [3.8, 4) is 0 Å². The van der Waals surface area contributed by atoms with E-state index in [-0.39, 0.29) is 25.0 Å². The van der Waals surface area contributed by atoms with Crippen molar-refractivity contribution < 1.29 is 22.7 Å². The van der Waals surface area contributed by atoms with Gasteiger partial charge < -0.3 is 15.0 Å². The maximum absolute atomic E-state index is 11.9. The minimum absolute atomic E-state index is 0.0102. The van der Waals surface area contributed by atoms with Crippen LogP contribution in [0.4, 0.5) is 13.2 Å². The van der Waals surface area contributed by atoms with Crippen LogP contribution in [0.2, 0.25) is 0 Å². The van der Waals surface area contributed by atoms with Crippen LogP contribution in [-0.2, 0) is 9.53 Å². The normalized spacial score (nSPS) is 20.6. The van der Waals surface area contributed by atoms with Gasteiger partial charge in [-0.05, 0) is 26.3 Å². The van der Waals surface area contributed by atoms with Crippen molar-refractivity contribution in [1.82, 2.24) is 10.2 Å². The lowest BCUT2D eigenvalue weighted by atomic mass is 10.0. The first kappa shape index (κ1) is 16.2. The lowest BCUT2D eigenvalue weighted by Gasteiger charge is -2.35. The zero-order valence-electron chi connectivity index (χ0n) is 11.1. The lowest BCUT2D eigenvalue weighted by molar-refractivity contribution is -0.175. The third-order valence-corrected chi connectivity index (χ3v) is 3.11. The fraction of sp³-hybridized carbons (Fsp3) is 0.917. The topological polar surface area (TPSA) is 41.6 Å². The minimum atomic E-state index is -4.33. The summed E-state index contributed by atoms with van der Waals surface area (Å²) in [6, 6.07) is 0.147. The van der Waals surface area contributed by atoms with Crippen molar-refractivity contribution in [2.24, 2.45) is 0 Å². The molecule has 1 N–H and O–H groups in total. The van der Waals surface area contributed by atoms with Crippen molar-refractivity contribution in [1.29, 1.82) is 0 Å². The zero-order chi connectivity index (χ0) is 14.3. The molecule has 1 heterocycles. The Morgan fingerprint density at radius 3 is 2.79 bits per heavy atom. The molecule has 1 unspecified atom stereocenters. The van der Waals surface area contributed by atoms with Crippen molar-refractivity contribution in [2.75, 3.05) is 33.4 Å². The predicted molar refractivity (Wildman–Crippen MR) is 64.8 cm³/mol. The summed E-state index contributed by atoms with van der Waals surface area (Å²) < 4.78 is 40.1. The number of likely N-dealkylation sites (N-methyl/N-ethyl adjacent to an activating group) is 1. The van der Waals surface area contributed by atoms with Gasteiger partial charge in [-0.2, -0.15) is 13.2 Å². The Morgan fingerprint density at radius 1 is 1.42 bits per heavy atom. The molecular weight excluding hydrogens is 261 g/mol. The van der Waals surface area contributed by atoms with Gasteiger partial charge in [-0.3, -0.25) is 4.79 Å². The number of likely N-dealkylation sites (tertiary alicyclic amines) is 1. The van der Waals surface area contributed by atoms with Crippen LogP contribution in [0.3, 0.4) is 0 Å². The smallest absolute Gasteiger partial charge is 0.372 e. The molecule has 112 valence electrons. The highest BCUT2D eigenvalue weighted by molar-refractivity contribution is 5.76. The number of hydrogen-bond donors (Lipinski definition) is 1. The Morgan fingerprint density at radius 2 is 2.16 bits per heavy atom. The number of alkyl halides is 3. The Balaban J connectivity index is 2.30. The Labute approximate surface area is 111 Å². The first-order valence-electron chi connectivity index (χ1n) is 6.52. The summed E-state index contributed by atoms with van der Waals surface area (Å²) in [7, 11) is 1.82. The number of ether oxygens (including phenoxy) is 1. The molecule has 19 heavy (non-hydrogen) atoms. The second kappa shape index (κ2) is 7.69. The number of carbonyl (C=O) groups is 1. The largest absolute Gasteiger partial charge is 0.411 e. The van der Waals surface area contributed by atoms with Gasteiger partial charge in [0.05, 0.1) is 13.0 Å². The van der Waals surface area contributed by atoms with E-state index in [1.807, 2.05) is 7.05 Å². The van der Waals surface area contributed by atoms with Gasteiger partial charge in [-0.25, -0.2) is 0 Å². The summed E-state index contributed by atoms with van der Waals surface area (Å²) >= 11 is 0. The molecule has 0 aliphatic carbocycles. The van der Waals surface area contributed by atoms with Gasteiger partial charge in [-0.1, -0.05) is 0 Å². The molecule has 1 aliphatic rings. The van der Waals surface area contributed by atoms with Gasteiger partial charge in [0.2, 0.25) is 5.91 Å². The number of piperidine rings is 1. The van der Waals surface area contributed by atoms with E-state index in [2.05, 4.69) is 10.1 Å². The number of hydrogen-bond acceptors (Lipinski definition) is 3. The van der Waals surface area contributed by atoms with Crippen LogP contribution in [0, 0.1) is 0 Å². The van der Waals surface area contributed by atoms with Gasteiger partial charge in [0.1, 0.15) is 6.61 Å². The van der Waals surface area contributed by atoms with E-state index in [0.717, 1.165) is 25.8 Å². The number of rotatable bonds is 6. The highest BCUT2D eigenvalue weighted by atomic mass is 19.4. The van der Waals surface area contributed by atoms with Gasteiger partial charge in [-0.15, -0.1) is 0 Å². The average Bonchev–Trinajstić information content (AvgIpc) is 2.34. The molecular formula is C12H21F3N2O2. The third kappa shape index (κ3) is 6.24. The SMILES string of the molecule is CNCC1CCCCN1C(=O)CCOCC(F)(F)F. The molecule has 4 nitrogen and oxygen atoms in total. The zero-order valence-corrected chi connectivity index (χ0v) is 11.1. The highest BCUT2D eigenvalue weighted by Gasteiger charge is 2.28. The average molecular weight is 282 g/mol. The summed E-state index contributed by atoms with van der Waals surface area (Å²) in [6.07, 6.45) is -1.34. The van der Waals surface area contributed by atoms with Crippen molar-refractivity contribution in [3.05, 3.63) is 0 Å². The fourth-order valence-corrected chi connectivity index (χ4v) is 2.27. The van der Waals surface area contributed by atoms with Crippen LogP contribution in [0.15, 0.2) is 0 Å². The number of nitrogens with zero attached hydrogens (tertiary/aromatic N) is 1. The maximum Gasteiger partial charge on any atom is 0.411 e. The van der Waals surface area contributed by atoms with Crippen LogP contribution in [-0.4, -0.2) is 56.4 Å². The van der Waals surface area contributed by atoms with Crippen LogP contribution in [0.1, 0.15) is 25.7 Å². The van der Waals surface area contributed by atoms with Gasteiger partial charge in [0, 0.05) is 19.1 Å². The van der Waals surface area contributed by atoms with E-state index in [4.69, 9.17) is 0 Å². The molecule has 0 bridgehead atoms.